The van der Waals surface area contributed by atoms with E-state index in [2.05, 4.69) is 17.1 Å². The lowest BCUT2D eigenvalue weighted by Crippen LogP contribution is -2.43. The highest BCUT2D eigenvalue weighted by atomic mass is 19.1. The molecule has 1 aromatic rings. The van der Waals surface area contributed by atoms with E-state index in [1.807, 2.05) is 0 Å². The smallest absolute Gasteiger partial charge is 0.293 e. The van der Waals surface area contributed by atoms with Gasteiger partial charge in [0.1, 0.15) is 17.1 Å². The Bertz CT molecular complexity index is 773. The molecule has 3 rings (SSSR count). The molecule has 0 bridgehead atoms. The Morgan fingerprint density at radius 2 is 1.75 bits per heavy atom. The molecule has 3 atom stereocenters. The first kappa shape index (κ1) is 16.4. The second kappa shape index (κ2) is 5.27. The minimum Gasteiger partial charge on any atom is -0.386 e. The zero-order valence-electron chi connectivity index (χ0n) is 13.4. The molecule has 6 nitrogen and oxygen atoms in total. The summed E-state index contributed by atoms with van der Waals surface area (Å²) in [6, 6.07) is 10.0. The normalized spacial score (nSPS) is 32.4. The molecule has 1 heterocycles. The van der Waals surface area contributed by atoms with Crippen molar-refractivity contribution in [3.63, 3.8) is 0 Å². The number of nitriles is 2. The predicted molar refractivity (Wildman–Crippen MR) is 82.8 cm³/mol. The van der Waals surface area contributed by atoms with Crippen molar-refractivity contribution in [1.29, 1.82) is 10.5 Å². The summed E-state index contributed by atoms with van der Waals surface area (Å²) in [4.78, 5) is 4.24. The van der Waals surface area contributed by atoms with Crippen molar-refractivity contribution in [2.45, 2.75) is 25.7 Å². The molecule has 0 radical (unpaired) electrons. The Morgan fingerprint density at radius 3 is 2.21 bits per heavy atom. The summed E-state index contributed by atoms with van der Waals surface area (Å²) in [5.41, 5.74) is 3.94. The molecular formula is C17H17FN4O2. The molecule has 0 unspecified atom stereocenters. The Kier molecular flexibility index (Phi) is 3.60. The number of nitrogens with two attached hydrogens (primary N) is 1. The van der Waals surface area contributed by atoms with Gasteiger partial charge in [0, 0.05) is 19.1 Å². The van der Waals surface area contributed by atoms with Gasteiger partial charge in [-0.2, -0.15) is 10.5 Å². The summed E-state index contributed by atoms with van der Waals surface area (Å²) in [5.74, 6) is -2.62. The van der Waals surface area contributed by atoms with Crippen molar-refractivity contribution < 1.29 is 13.9 Å². The second-order valence-corrected chi connectivity index (χ2v) is 5.77. The highest BCUT2D eigenvalue weighted by Gasteiger charge is 2.93. The summed E-state index contributed by atoms with van der Waals surface area (Å²) >= 11 is 0. The monoisotopic (exact) mass is 328 g/mol. The Morgan fingerprint density at radius 1 is 1.17 bits per heavy atom. The molecule has 24 heavy (non-hydrogen) atoms. The Hall–Kier alpha value is -2.48. The fourth-order valence-corrected chi connectivity index (χ4v) is 3.90. The van der Waals surface area contributed by atoms with Crippen molar-refractivity contribution in [1.82, 2.24) is 0 Å². The van der Waals surface area contributed by atoms with Gasteiger partial charge in [-0.25, -0.2) is 9.38 Å². The lowest BCUT2D eigenvalue weighted by molar-refractivity contribution is -0.255. The van der Waals surface area contributed by atoms with E-state index in [0.717, 1.165) is 0 Å². The van der Waals surface area contributed by atoms with Crippen LogP contribution in [0.4, 0.5) is 4.39 Å². The molecule has 1 aromatic carbocycles. The van der Waals surface area contributed by atoms with E-state index in [4.69, 9.17) is 15.2 Å². The zero-order valence-corrected chi connectivity index (χ0v) is 13.4. The van der Waals surface area contributed by atoms with Crippen LogP contribution in [0.1, 0.15) is 25.3 Å². The highest BCUT2D eigenvalue weighted by Crippen LogP contribution is 2.81. The van der Waals surface area contributed by atoms with Crippen LogP contribution in [0.25, 0.3) is 0 Å². The second-order valence-electron chi connectivity index (χ2n) is 5.77. The number of rotatable bonds is 5. The highest BCUT2D eigenvalue weighted by molar-refractivity contribution is 6.00. The number of nitrogens with zero attached hydrogens (tertiary/aromatic N) is 3. The molecule has 0 amide bonds. The zero-order chi connectivity index (χ0) is 17.6. The van der Waals surface area contributed by atoms with E-state index in [-0.39, 0.29) is 19.0 Å². The third-order valence-electron chi connectivity index (χ3n) is 4.81. The Balaban J connectivity index is 2.21. The van der Waals surface area contributed by atoms with E-state index in [1.165, 1.54) is 12.1 Å². The van der Waals surface area contributed by atoms with Crippen molar-refractivity contribution in [3.8, 4) is 12.1 Å². The van der Waals surface area contributed by atoms with Gasteiger partial charge in [-0.1, -0.05) is 12.1 Å². The average Bonchev–Trinajstić information content (AvgIpc) is 3.15. The van der Waals surface area contributed by atoms with E-state index in [9.17, 15) is 14.9 Å². The summed E-state index contributed by atoms with van der Waals surface area (Å²) in [6.07, 6.45) is 0. The fourth-order valence-electron chi connectivity index (χ4n) is 3.90. The molecule has 2 N–H and O–H groups in total. The minimum atomic E-state index is -1.63. The van der Waals surface area contributed by atoms with E-state index < -0.39 is 28.5 Å². The van der Waals surface area contributed by atoms with E-state index in [1.54, 1.807) is 26.0 Å². The number of hydrogen-bond acceptors (Lipinski definition) is 6. The molecule has 0 saturated heterocycles. The summed E-state index contributed by atoms with van der Waals surface area (Å²) < 4.78 is 24.7. The maximum absolute atomic E-state index is 13.3. The first-order valence-corrected chi connectivity index (χ1v) is 7.71. The van der Waals surface area contributed by atoms with Gasteiger partial charge in [-0.3, -0.25) is 0 Å². The van der Waals surface area contributed by atoms with Crippen LogP contribution < -0.4 is 5.73 Å². The summed E-state index contributed by atoms with van der Waals surface area (Å²) in [7, 11) is 0. The van der Waals surface area contributed by atoms with E-state index >= 15 is 0 Å². The van der Waals surface area contributed by atoms with Crippen molar-refractivity contribution in [2.75, 3.05) is 13.2 Å². The quantitative estimate of drug-likeness (QED) is 0.833. The first-order chi connectivity index (χ1) is 11.5. The van der Waals surface area contributed by atoms with Crippen LogP contribution in [0, 0.1) is 39.3 Å². The van der Waals surface area contributed by atoms with Gasteiger partial charge in [-0.15, -0.1) is 0 Å². The van der Waals surface area contributed by atoms with Crippen LogP contribution in [-0.4, -0.2) is 25.0 Å². The molecule has 1 aliphatic heterocycles. The Labute approximate surface area is 139 Å². The molecule has 7 heteroatoms. The SMILES string of the molecule is CCOC1(OCC)N=C(N)[C@@]2(C#N)[C@H](c3ccc(F)cc3)[C@@]12C#N. The van der Waals surface area contributed by atoms with Crippen LogP contribution in [0.3, 0.4) is 0 Å². The fraction of sp³-hybridized carbons (Fsp3) is 0.471. The van der Waals surface area contributed by atoms with Gasteiger partial charge >= 0.3 is 0 Å². The van der Waals surface area contributed by atoms with Crippen LogP contribution in [0.5, 0.6) is 0 Å². The molecule has 1 aliphatic carbocycles. The molecular weight excluding hydrogens is 311 g/mol. The van der Waals surface area contributed by atoms with Crippen LogP contribution >= 0.6 is 0 Å². The van der Waals surface area contributed by atoms with Gasteiger partial charge in [0.25, 0.3) is 5.91 Å². The average molecular weight is 328 g/mol. The largest absolute Gasteiger partial charge is 0.386 e. The van der Waals surface area contributed by atoms with Crippen molar-refractivity contribution in [2.24, 2.45) is 21.6 Å². The number of benzene rings is 1. The number of halogens is 1. The van der Waals surface area contributed by atoms with Gasteiger partial charge in [-0.05, 0) is 31.5 Å². The van der Waals surface area contributed by atoms with Crippen LogP contribution in [0.15, 0.2) is 29.3 Å². The topological polar surface area (TPSA) is 104 Å². The molecule has 0 spiro atoms. The van der Waals surface area contributed by atoms with Crippen LogP contribution in [0.2, 0.25) is 0 Å². The molecule has 124 valence electrons. The number of fused-ring (bicyclic) bond motifs is 1. The third-order valence-corrected chi connectivity index (χ3v) is 4.81. The van der Waals surface area contributed by atoms with Gasteiger partial charge in [0.2, 0.25) is 0 Å². The van der Waals surface area contributed by atoms with Gasteiger partial charge < -0.3 is 15.2 Å². The van der Waals surface area contributed by atoms with E-state index in [0.29, 0.717) is 5.56 Å². The molecule has 0 aromatic heterocycles. The molecule has 2 aliphatic rings. The standard InChI is InChI=1S/C17H17FN4O2/c1-3-23-17(24-4-2)16(10-20)13(11-5-7-12(18)8-6-11)15(16,9-19)14(21)22-17/h5-8,13H,3-4H2,1-2H3,(H2,21,22)/t13-,15+,16+/m0/s1. The summed E-state index contributed by atoms with van der Waals surface area (Å²) in [5, 5.41) is 19.8. The third kappa shape index (κ3) is 1.61. The number of ether oxygens (including phenoxy) is 2. The molecule has 1 fully saturated rings. The molecule has 1 saturated carbocycles. The first-order valence-electron chi connectivity index (χ1n) is 7.71. The minimum absolute atomic E-state index is 0.0165. The maximum Gasteiger partial charge on any atom is 0.293 e. The van der Waals surface area contributed by atoms with Crippen molar-refractivity contribution >= 4 is 5.84 Å². The lowest BCUT2D eigenvalue weighted by Gasteiger charge is -2.31. The predicted octanol–water partition coefficient (Wildman–Crippen LogP) is 2.04. The van der Waals surface area contributed by atoms with Crippen molar-refractivity contribution in [3.05, 3.63) is 35.6 Å². The number of aliphatic imine (C=N–C) groups is 1. The van der Waals surface area contributed by atoms with Gasteiger partial charge in [0.05, 0.1) is 12.1 Å². The number of amidine groups is 1. The van der Waals surface area contributed by atoms with Gasteiger partial charge in [0.15, 0.2) is 5.41 Å². The number of hydrogen-bond donors (Lipinski definition) is 1. The summed E-state index contributed by atoms with van der Waals surface area (Å²) in [6.45, 7) is 3.97. The maximum atomic E-state index is 13.3. The lowest BCUT2D eigenvalue weighted by atomic mass is 9.93. The van der Waals surface area contributed by atoms with Crippen LogP contribution in [-0.2, 0) is 9.47 Å².